The molecule has 3 heteroatoms. The van der Waals surface area contributed by atoms with Crippen LogP contribution in [-0.2, 0) is 11.2 Å². The van der Waals surface area contributed by atoms with Crippen molar-refractivity contribution in [3.63, 3.8) is 0 Å². The average molecular weight is 195 g/mol. The molecule has 0 saturated heterocycles. The summed E-state index contributed by atoms with van der Waals surface area (Å²) in [7, 11) is 1.69. The zero-order chi connectivity index (χ0) is 10.2. The van der Waals surface area contributed by atoms with Gasteiger partial charge in [0.25, 0.3) is 0 Å². The lowest BCUT2D eigenvalue weighted by molar-refractivity contribution is 0.170. The van der Waals surface area contributed by atoms with E-state index in [1.54, 1.807) is 7.11 Å². The third-order valence-corrected chi connectivity index (χ3v) is 1.89. The lowest BCUT2D eigenvalue weighted by Gasteiger charge is -2.05. The maximum absolute atomic E-state index is 5.46. The maximum atomic E-state index is 5.46. The SMILES string of the molecule is CCc1cccc(OCCCOC)n1. The van der Waals surface area contributed by atoms with Gasteiger partial charge < -0.3 is 9.47 Å². The van der Waals surface area contributed by atoms with Gasteiger partial charge in [0.05, 0.1) is 6.61 Å². The molecule has 0 fully saturated rings. The van der Waals surface area contributed by atoms with Crippen molar-refractivity contribution in [1.29, 1.82) is 0 Å². The Morgan fingerprint density at radius 2 is 2.14 bits per heavy atom. The number of hydrogen-bond acceptors (Lipinski definition) is 3. The van der Waals surface area contributed by atoms with Gasteiger partial charge in [-0.3, -0.25) is 0 Å². The Hall–Kier alpha value is -1.09. The molecule has 0 aliphatic rings. The highest BCUT2D eigenvalue weighted by Gasteiger charge is 1.96. The van der Waals surface area contributed by atoms with E-state index in [2.05, 4.69) is 11.9 Å². The summed E-state index contributed by atoms with van der Waals surface area (Å²) in [6, 6.07) is 5.85. The van der Waals surface area contributed by atoms with Crippen molar-refractivity contribution in [2.45, 2.75) is 19.8 Å². The van der Waals surface area contributed by atoms with Gasteiger partial charge in [-0.25, -0.2) is 4.98 Å². The van der Waals surface area contributed by atoms with Crippen molar-refractivity contribution < 1.29 is 9.47 Å². The first-order valence-electron chi connectivity index (χ1n) is 4.94. The lowest BCUT2D eigenvalue weighted by atomic mass is 10.3. The van der Waals surface area contributed by atoms with Gasteiger partial charge >= 0.3 is 0 Å². The smallest absolute Gasteiger partial charge is 0.213 e. The number of ether oxygens (including phenoxy) is 2. The van der Waals surface area contributed by atoms with Gasteiger partial charge in [0.2, 0.25) is 5.88 Å². The highest BCUT2D eigenvalue weighted by molar-refractivity contribution is 5.15. The van der Waals surface area contributed by atoms with Crippen LogP contribution in [0.25, 0.3) is 0 Å². The van der Waals surface area contributed by atoms with E-state index in [1.807, 2.05) is 18.2 Å². The molecule has 3 nitrogen and oxygen atoms in total. The van der Waals surface area contributed by atoms with Crippen LogP contribution < -0.4 is 4.74 Å². The van der Waals surface area contributed by atoms with Crippen LogP contribution >= 0.6 is 0 Å². The summed E-state index contributed by atoms with van der Waals surface area (Å²) in [5, 5.41) is 0. The third kappa shape index (κ3) is 3.75. The second-order valence-electron chi connectivity index (χ2n) is 3.02. The quantitative estimate of drug-likeness (QED) is 0.651. The molecule has 1 aromatic rings. The zero-order valence-corrected chi connectivity index (χ0v) is 8.82. The monoisotopic (exact) mass is 195 g/mol. The first-order chi connectivity index (χ1) is 6.86. The normalized spacial score (nSPS) is 10.1. The molecular weight excluding hydrogens is 178 g/mol. The topological polar surface area (TPSA) is 31.4 Å². The Morgan fingerprint density at radius 3 is 2.86 bits per heavy atom. The second kappa shape index (κ2) is 6.38. The Bertz CT molecular complexity index is 263. The van der Waals surface area contributed by atoms with Crippen LogP contribution in [-0.4, -0.2) is 25.3 Å². The first-order valence-corrected chi connectivity index (χ1v) is 4.94. The van der Waals surface area contributed by atoms with Crippen LogP contribution in [0, 0.1) is 0 Å². The molecule has 0 aliphatic carbocycles. The van der Waals surface area contributed by atoms with E-state index in [9.17, 15) is 0 Å². The number of aromatic nitrogens is 1. The largest absolute Gasteiger partial charge is 0.478 e. The van der Waals surface area contributed by atoms with Crippen LogP contribution in [0.4, 0.5) is 0 Å². The van der Waals surface area contributed by atoms with Crippen molar-refractivity contribution in [1.82, 2.24) is 4.98 Å². The molecule has 0 aliphatic heterocycles. The van der Waals surface area contributed by atoms with E-state index in [-0.39, 0.29) is 0 Å². The Kier molecular flexibility index (Phi) is 5.00. The molecule has 0 amide bonds. The predicted octanol–water partition coefficient (Wildman–Crippen LogP) is 2.06. The van der Waals surface area contributed by atoms with Crippen LogP contribution in [0.3, 0.4) is 0 Å². The number of nitrogens with zero attached hydrogens (tertiary/aromatic N) is 1. The van der Waals surface area contributed by atoms with Crippen molar-refractivity contribution >= 4 is 0 Å². The van der Waals surface area contributed by atoms with Gasteiger partial charge in [0.1, 0.15) is 0 Å². The predicted molar refractivity (Wildman–Crippen MR) is 55.6 cm³/mol. The standard InChI is InChI=1S/C11H17NO2/c1-3-10-6-4-7-11(12-10)14-9-5-8-13-2/h4,6-7H,3,5,8-9H2,1-2H3. The third-order valence-electron chi connectivity index (χ3n) is 1.89. The van der Waals surface area contributed by atoms with E-state index in [0.717, 1.165) is 25.1 Å². The molecule has 14 heavy (non-hydrogen) atoms. The first kappa shape index (κ1) is 11.0. The molecule has 0 unspecified atom stereocenters. The molecule has 1 rings (SSSR count). The zero-order valence-electron chi connectivity index (χ0n) is 8.82. The molecule has 1 aromatic heterocycles. The molecule has 0 aromatic carbocycles. The fourth-order valence-corrected chi connectivity index (χ4v) is 1.11. The Labute approximate surface area is 85.1 Å². The number of pyridine rings is 1. The maximum Gasteiger partial charge on any atom is 0.213 e. The fourth-order valence-electron chi connectivity index (χ4n) is 1.11. The van der Waals surface area contributed by atoms with E-state index in [0.29, 0.717) is 12.5 Å². The summed E-state index contributed by atoms with van der Waals surface area (Å²) in [6.45, 7) is 3.47. The van der Waals surface area contributed by atoms with Gasteiger partial charge in [-0.1, -0.05) is 13.0 Å². The van der Waals surface area contributed by atoms with Crippen LogP contribution in [0.15, 0.2) is 18.2 Å². The molecule has 0 N–H and O–H groups in total. The molecule has 1 heterocycles. The van der Waals surface area contributed by atoms with Crippen LogP contribution in [0.5, 0.6) is 5.88 Å². The average Bonchev–Trinajstić information content (AvgIpc) is 2.25. The van der Waals surface area contributed by atoms with E-state index in [4.69, 9.17) is 9.47 Å². The van der Waals surface area contributed by atoms with E-state index < -0.39 is 0 Å². The van der Waals surface area contributed by atoms with E-state index in [1.165, 1.54) is 0 Å². The van der Waals surface area contributed by atoms with Crippen molar-refractivity contribution in [3.05, 3.63) is 23.9 Å². The number of hydrogen-bond donors (Lipinski definition) is 0. The molecular formula is C11H17NO2. The summed E-state index contributed by atoms with van der Waals surface area (Å²) in [6.07, 6.45) is 1.84. The summed E-state index contributed by atoms with van der Waals surface area (Å²) in [5.41, 5.74) is 1.06. The number of rotatable bonds is 6. The van der Waals surface area contributed by atoms with Crippen molar-refractivity contribution in [2.24, 2.45) is 0 Å². The van der Waals surface area contributed by atoms with Gasteiger partial charge in [0.15, 0.2) is 0 Å². The minimum absolute atomic E-state index is 0.661. The molecule has 0 spiro atoms. The Morgan fingerprint density at radius 1 is 1.29 bits per heavy atom. The highest BCUT2D eigenvalue weighted by atomic mass is 16.5. The van der Waals surface area contributed by atoms with Gasteiger partial charge in [-0.15, -0.1) is 0 Å². The van der Waals surface area contributed by atoms with Gasteiger partial charge in [-0.2, -0.15) is 0 Å². The number of aryl methyl sites for hydroxylation is 1. The van der Waals surface area contributed by atoms with Gasteiger partial charge in [-0.05, 0) is 12.5 Å². The van der Waals surface area contributed by atoms with Gasteiger partial charge in [0, 0.05) is 31.9 Å². The minimum atomic E-state index is 0.661. The fraction of sp³-hybridized carbons (Fsp3) is 0.545. The molecule has 78 valence electrons. The molecule has 0 bridgehead atoms. The van der Waals surface area contributed by atoms with E-state index >= 15 is 0 Å². The summed E-state index contributed by atoms with van der Waals surface area (Å²) in [5.74, 6) is 0.709. The van der Waals surface area contributed by atoms with Crippen LogP contribution in [0.1, 0.15) is 19.0 Å². The summed E-state index contributed by atoms with van der Waals surface area (Å²) in [4.78, 5) is 4.33. The molecule has 0 saturated carbocycles. The Balaban J connectivity index is 2.34. The summed E-state index contributed by atoms with van der Waals surface area (Å²) >= 11 is 0. The molecule has 0 radical (unpaired) electrons. The minimum Gasteiger partial charge on any atom is -0.478 e. The highest BCUT2D eigenvalue weighted by Crippen LogP contribution is 2.08. The molecule has 0 atom stereocenters. The van der Waals surface area contributed by atoms with Crippen LogP contribution in [0.2, 0.25) is 0 Å². The second-order valence-corrected chi connectivity index (χ2v) is 3.02. The van der Waals surface area contributed by atoms with Crippen molar-refractivity contribution in [2.75, 3.05) is 20.3 Å². The van der Waals surface area contributed by atoms with Crippen molar-refractivity contribution in [3.8, 4) is 5.88 Å². The number of methoxy groups -OCH3 is 1. The lowest BCUT2D eigenvalue weighted by Crippen LogP contribution is -2.03. The summed E-state index contributed by atoms with van der Waals surface area (Å²) < 4.78 is 10.4.